The molecule has 0 radical (unpaired) electrons. The van der Waals surface area contributed by atoms with Gasteiger partial charge in [-0.3, -0.25) is 4.79 Å². The molecule has 1 aromatic rings. The third kappa shape index (κ3) is 8.56. The van der Waals surface area contributed by atoms with Gasteiger partial charge in [0, 0.05) is 11.3 Å². The molecule has 0 bridgehead atoms. The number of carboxylic acids is 1. The van der Waals surface area contributed by atoms with Crippen LogP contribution in [0.5, 0.6) is 5.75 Å². The van der Waals surface area contributed by atoms with Crippen molar-refractivity contribution in [3.8, 4) is 5.75 Å². The van der Waals surface area contributed by atoms with Crippen LogP contribution in [-0.4, -0.2) is 40.6 Å². The summed E-state index contributed by atoms with van der Waals surface area (Å²) in [5, 5.41) is 11.4. The molecule has 0 heterocycles. The third-order valence-corrected chi connectivity index (χ3v) is 3.93. The number of nitrogens with one attached hydrogen (secondary N) is 1. The van der Waals surface area contributed by atoms with E-state index >= 15 is 0 Å². The van der Waals surface area contributed by atoms with Crippen molar-refractivity contribution < 1.29 is 19.4 Å². The monoisotopic (exact) mass is 325 g/mol. The van der Waals surface area contributed by atoms with E-state index in [0.717, 1.165) is 12.0 Å². The maximum Gasteiger partial charge on any atom is 0.341 e. The second-order valence-electron chi connectivity index (χ2n) is 5.83. The van der Waals surface area contributed by atoms with Gasteiger partial charge in [0.15, 0.2) is 6.61 Å². The van der Waals surface area contributed by atoms with Crippen LogP contribution in [0.2, 0.25) is 0 Å². The minimum absolute atomic E-state index is 0.0429. The van der Waals surface area contributed by atoms with Gasteiger partial charge < -0.3 is 15.2 Å². The van der Waals surface area contributed by atoms with Gasteiger partial charge in [-0.1, -0.05) is 32.9 Å². The lowest BCUT2D eigenvalue weighted by Gasteiger charge is -2.16. The second-order valence-corrected chi connectivity index (χ2v) is 7.63. The number of carbonyl (C=O) groups is 2. The number of aliphatic carboxylic acids is 1. The number of ether oxygens (including phenoxy) is 1. The molecule has 0 aliphatic heterocycles. The summed E-state index contributed by atoms with van der Waals surface area (Å²) in [6, 6.07) is 7.20. The maximum absolute atomic E-state index is 11.7. The van der Waals surface area contributed by atoms with E-state index in [-0.39, 0.29) is 17.3 Å². The third-order valence-electron chi connectivity index (χ3n) is 2.66. The van der Waals surface area contributed by atoms with E-state index in [1.165, 1.54) is 0 Å². The molecule has 0 fully saturated rings. The van der Waals surface area contributed by atoms with E-state index in [9.17, 15) is 9.59 Å². The van der Waals surface area contributed by atoms with Gasteiger partial charge >= 0.3 is 5.97 Å². The number of benzene rings is 1. The van der Waals surface area contributed by atoms with Gasteiger partial charge in [-0.15, -0.1) is 11.8 Å². The lowest BCUT2D eigenvalue weighted by atomic mass is 10.1. The predicted molar refractivity (Wildman–Crippen MR) is 88.5 cm³/mol. The molecule has 0 aliphatic carbocycles. The zero-order valence-electron chi connectivity index (χ0n) is 13.2. The summed E-state index contributed by atoms with van der Waals surface area (Å²) in [6.07, 6.45) is 0.727. The first-order chi connectivity index (χ1) is 10.3. The van der Waals surface area contributed by atoms with Crippen LogP contribution in [0.3, 0.4) is 0 Å². The zero-order chi connectivity index (χ0) is 16.6. The SMILES string of the molecule is CC(C)(C)SCC(=O)NCCc1ccc(OCC(=O)O)cc1. The van der Waals surface area contributed by atoms with Crippen LogP contribution in [0, 0.1) is 0 Å². The van der Waals surface area contributed by atoms with Gasteiger partial charge in [0.05, 0.1) is 5.75 Å². The van der Waals surface area contributed by atoms with E-state index in [4.69, 9.17) is 9.84 Å². The Kier molecular flexibility index (Phi) is 7.24. The van der Waals surface area contributed by atoms with Crippen LogP contribution < -0.4 is 10.1 Å². The molecular formula is C16H23NO4S. The van der Waals surface area contributed by atoms with E-state index in [1.54, 1.807) is 23.9 Å². The standard InChI is InChI=1S/C16H23NO4S/c1-16(2,3)22-11-14(18)17-9-8-12-4-6-13(7-5-12)21-10-15(19)20/h4-7H,8-11H2,1-3H3,(H,17,18)(H,19,20). The smallest absolute Gasteiger partial charge is 0.341 e. The number of hydrogen-bond acceptors (Lipinski definition) is 4. The van der Waals surface area contributed by atoms with Crippen LogP contribution >= 0.6 is 11.8 Å². The molecular weight excluding hydrogens is 302 g/mol. The molecule has 2 N–H and O–H groups in total. The zero-order valence-corrected chi connectivity index (χ0v) is 14.0. The minimum atomic E-state index is -1.00. The highest BCUT2D eigenvalue weighted by Gasteiger charge is 2.12. The van der Waals surface area contributed by atoms with Crippen molar-refractivity contribution in [2.75, 3.05) is 18.9 Å². The Balaban J connectivity index is 2.27. The highest BCUT2D eigenvalue weighted by Crippen LogP contribution is 2.22. The Morgan fingerprint density at radius 3 is 2.41 bits per heavy atom. The summed E-state index contributed by atoms with van der Waals surface area (Å²) in [5.74, 6) is 0.0314. The van der Waals surface area contributed by atoms with Gasteiger partial charge in [0.2, 0.25) is 5.91 Å². The lowest BCUT2D eigenvalue weighted by Crippen LogP contribution is -2.28. The largest absolute Gasteiger partial charge is 0.482 e. The Hall–Kier alpha value is -1.69. The van der Waals surface area contributed by atoms with Crippen LogP contribution in [0.4, 0.5) is 0 Å². The average Bonchev–Trinajstić information content (AvgIpc) is 2.43. The fourth-order valence-electron chi connectivity index (χ4n) is 1.58. The van der Waals surface area contributed by atoms with Crippen molar-refractivity contribution in [1.82, 2.24) is 5.32 Å². The topological polar surface area (TPSA) is 75.6 Å². The van der Waals surface area contributed by atoms with Crippen molar-refractivity contribution in [2.24, 2.45) is 0 Å². The van der Waals surface area contributed by atoms with Crippen molar-refractivity contribution >= 4 is 23.6 Å². The first-order valence-electron chi connectivity index (χ1n) is 7.10. The van der Waals surface area contributed by atoms with Gasteiger partial charge in [0.1, 0.15) is 5.75 Å². The van der Waals surface area contributed by atoms with Gasteiger partial charge in [-0.05, 0) is 24.1 Å². The highest BCUT2D eigenvalue weighted by molar-refractivity contribution is 8.01. The predicted octanol–water partition coefficient (Wildman–Crippen LogP) is 2.34. The molecule has 0 aromatic heterocycles. The molecule has 0 atom stereocenters. The van der Waals surface area contributed by atoms with E-state index in [1.807, 2.05) is 12.1 Å². The highest BCUT2D eigenvalue weighted by atomic mass is 32.2. The lowest BCUT2D eigenvalue weighted by molar-refractivity contribution is -0.139. The molecule has 0 spiro atoms. The molecule has 22 heavy (non-hydrogen) atoms. The van der Waals surface area contributed by atoms with Crippen LogP contribution in [0.25, 0.3) is 0 Å². The molecule has 0 unspecified atom stereocenters. The number of hydrogen-bond donors (Lipinski definition) is 2. The minimum Gasteiger partial charge on any atom is -0.482 e. The van der Waals surface area contributed by atoms with E-state index in [0.29, 0.717) is 18.0 Å². The summed E-state index contributed by atoms with van der Waals surface area (Å²) >= 11 is 1.62. The van der Waals surface area contributed by atoms with Crippen LogP contribution in [0.1, 0.15) is 26.3 Å². The fourth-order valence-corrected chi connectivity index (χ4v) is 2.24. The molecule has 122 valence electrons. The first kappa shape index (κ1) is 18.4. The van der Waals surface area contributed by atoms with Gasteiger partial charge in [-0.2, -0.15) is 0 Å². The molecule has 0 aliphatic rings. The molecule has 1 aromatic carbocycles. The Morgan fingerprint density at radius 1 is 1.23 bits per heavy atom. The number of rotatable bonds is 8. The van der Waals surface area contributed by atoms with Crippen molar-refractivity contribution in [3.05, 3.63) is 29.8 Å². The summed E-state index contributed by atoms with van der Waals surface area (Å²) in [5.41, 5.74) is 1.06. The fraction of sp³-hybridized carbons (Fsp3) is 0.500. The number of carbonyl (C=O) groups excluding carboxylic acids is 1. The Morgan fingerprint density at radius 2 is 1.86 bits per heavy atom. The number of thioether (sulfide) groups is 1. The summed E-state index contributed by atoms with van der Waals surface area (Å²) in [4.78, 5) is 22.1. The quantitative estimate of drug-likeness (QED) is 0.767. The van der Waals surface area contributed by atoms with Crippen LogP contribution in [-0.2, 0) is 16.0 Å². The Bertz CT molecular complexity index is 494. The van der Waals surface area contributed by atoms with E-state index < -0.39 is 5.97 Å². The molecule has 0 saturated heterocycles. The number of amides is 1. The summed E-state index contributed by atoms with van der Waals surface area (Å²) < 4.78 is 5.14. The van der Waals surface area contributed by atoms with Crippen LogP contribution in [0.15, 0.2) is 24.3 Å². The molecule has 1 rings (SSSR count). The van der Waals surface area contributed by atoms with Gasteiger partial charge in [-0.25, -0.2) is 4.79 Å². The molecule has 0 saturated carbocycles. The van der Waals surface area contributed by atoms with Gasteiger partial charge in [0.25, 0.3) is 0 Å². The molecule has 6 heteroatoms. The van der Waals surface area contributed by atoms with E-state index in [2.05, 4.69) is 26.1 Å². The first-order valence-corrected chi connectivity index (χ1v) is 8.09. The Labute approximate surface area is 135 Å². The summed E-state index contributed by atoms with van der Waals surface area (Å²) in [7, 11) is 0. The summed E-state index contributed by atoms with van der Waals surface area (Å²) in [6.45, 7) is 6.48. The average molecular weight is 325 g/mol. The normalized spacial score (nSPS) is 11.0. The number of carboxylic acid groups (broad SMARTS) is 1. The van der Waals surface area contributed by atoms with Crippen molar-refractivity contribution in [1.29, 1.82) is 0 Å². The molecule has 1 amide bonds. The maximum atomic E-state index is 11.7. The molecule has 5 nitrogen and oxygen atoms in total. The van der Waals surface area contributed by atoms with Crippen molar-refractivity contribution in [3.63, 3.8) is 0 Å². The second kappa shape index (κ2) is 8.68. The van der Waals surface area contributed by atoms with Crippen molar-refractivity contribution in [2.45, 2.75) is 31.9 Å².